The van der Waals surface area contributed by atoms with Crippen molar-refractivity contribution in [1.29, 1.82) is 0 Å². The van der Waals surface area contributed by atoms with Crippen molar-refractivity contribution in [2.24, 2.45) is 11.7 Å². The van der Waals surface area contributed by atoms with Crippen LogP contribution in [0.15, 0.2) is 138 Å². The van der Waals surface area contributed by atoms with Gasteiger partial charge >= 0.3 is 0 Å². The number of sulfone groups is 1. The van der Waals surface area contributed by atoms with E-state index < -0.39 is 53.6 Å². The van der Waals surface area contributed by atoms with Crippen LogP contribution in [0.25, 0.3) is 33.5 Å². The molecule has 11 aromatic rings. The first-order valence-corrected chi connectivity index (χ1v) is 51.3. The van der Waals surface area contributed by atoms with Gasteiger partial charge in [-0.15, -0.1) is 47.0 Å². The Bertz CT molecular complexity index is 5830. The molecule has 15 rings (SSSR count). The number of nitrogens with one attached hydrogen (secondary N) is 2. The fourth-order valence-corrected chi connectivity index (χ4v) is 18.0. The van der Waals surface area contributed by atoms with Gasteiger partial charge in [0.15, 0.2) is 44.3 Å². The molecule has 0 bridgehead atoms. The second-order valence-electron chi connectivity index (χ2n) is 29.5. The second-order valence-corrected chi connectivity index (χ2v) is 37.6. The summed E-state index contributed by atoms with van der Waals surface area (Å²) in [6.45, 7) is 6.13. The number of aromatic nitrogens is 9. The molecule has 3 unspecified atom stereocenters. The van der Waals surface area contributed by atoms with Crippen LogP contribution in [0.5, 0.6) is 0 Å². The van der Waals surface area contributed by atoms with E-state index in [1.807, 2.05) is 62.3 Å². The minimum absolute atomic E-state index is 0.0299. The molecule has 0 spiro atoms. The number of hydrogen-bond donors (Lipinski definition) is 4. The van der Waals surface area contributed by atoms with Crippen LogP contribution in [0.2, 0.25) is 20.5 Å². The number of carbonyl (C=O) groups excluding carboxylic acids is 1. The lowest BCUT2D eigenvalue weighted by Crippen LogP contribution is -2.20. The summed E-state index contributed by atoms with van der Waals surface area (Å²) in [6.07, 6.45) is 7.83. The zero-order valence-corrected chi connectivity index (χ0v) is 85.7. The number of methoxy groups -OCH3 is 6. The average molecular weight is 2160 g/mol. The maximum atomic E-state index is 13.9. The standard InChI is InChI=1S/C21H23ClF2N4O4S.C21H23ClF2N4O2S.C12H11Cl2F2N3O.C9H11NO3S.C9H13NOS.C7H6BrNO2S.C4H7NO.C3H8O.C2H5ClO/c1-31-11-12-6-7-13(15(9-12)33(2,29)30)25-14-10-16(22)26-20-18(14)27-21(19(23)24)28(20)17-5-3-4-8-32-17;1-29-11-12-6-7-13(15(9-12)31-2)25-14-10-16(22)26-20-18(14)27-21(19(23)24)28(20)17-5-3-4-8-30-17;13-6-5-7(14)17-11-9(6)18-12(10(15)16)19(11)8-3-1-2-4-20-8;1-13-6-7-3-4-8(10(11)12)9(5-7)14-2;1-11-6-7-3-4-8(10)9(5-7)12-2;1-12-7-4-5(8)2-3-6(7)9(10)11;5-4(6)3-1-2-3;1-3-4-2;1-4-2-3/h6-7,9-10,17,19H,3-5,8,11H2,1-2H3,(H,25,26);6-7,9-10,17,19H,3-5,8,11H2,1-2H3,(H,25,26);5,8,10H,1-4H2;3-5H,6H2,1-2H3;3-5H,6,10H2,1-2H3;2-4H,1H3;3H,1-2H2,(H2,5,6);3H2,1-2H3;2H2,1H3. The molecule has 6 N–H and O–H groups in total. The monoisotopic (exact) mass is 2160 g/mol. The lowest BCUT2D eigenvalue weighted by molar-refractivity contribution is -0.387. The fraction of sp³-hybridized carbons (Fsp3) is 0.443. The van der Waals surface area contributed by atoms with E-state index in [1.165, 1.54) is 74.7 Å². The summed E-state index contributed by atoms with van der Waals surface area (Å²) < 4.78 is 158. The fourth-order valence-electron chi connectivity index (χ4n) is 13.3. The summed E-state index contributed by atoms with van der Waals surface area (Å²) in [5, 5.41) is 28.0. The molecule has 1 saturated carbocycles. The van der Waals surface area contributed by atoms with Crippen molar-refractivity contribution in [3.05, 3.63) is 194 Å². The summed E-state index contributed by atoms with van der Waals surface area (Å²) in [5.74, 6) is -1.11. The van der Waals surface area contributed by atoms with Crippen molar-refractivity contribution in [3.63, 3.8) is 0 Å². The zero-order chi connectivity index (χ0) is 100. The first-order chi connectivity index (χ1) is 65.0. The van der Waals surface area contributed by atoms with Crippen molar-refractivity contribution in [3.8, 4) is 0 Å². The highest BCUT2D eigenvalue weighted by molar-refractivity contribution is 9.10. The van der Waals surface area contributed by atoms with Crippen LogP contribution >= 0.6 is 121 Å². The average Bonchev–Trinajstić information content (AvgIpc) is 1.61. The molecule has 3 atom stereocenters. The number of anilines is 5. The van der Waals surface area contributed by atoms with Gasteiger partial charge in [-0.3, -0.25) is 38.7 Å². The van der Waals surface area contributed by atoms with Crippen LogP contribution in [0.1, 0.15) is 155 Å². The van der Waals surface area contributed by atoms with Gasteiger partial charge in [0.1, 0.15) is 56.8 Å². The third-order valence-corrected chi connectivity index (χ3v) is 25.6. The number of alkyl halides is 7. The number of carbonyl (C=O) groups is 1. The van der Waals surface area contributed by atoms with Crippen LogP contribution in [0.3, 0.4) is 0 Å². The number of pyridine rings is 3. The summed E-state index contributed by atoms with van der Waals surface area (Å²) in [7, 11) is 6.05. The van der Waals surface area contributed by atoms with Gasteiger partial charge in [-0.2, -0.15) is 0 Å². The number of benzene rings is 5. The normalized spacial score (nSPS) is 15.1. The zero-order valence-electron chi connectivity index (χ0n) is 76.3. The molecule has 136 heavy (non-hydrogen) atoms. The number of nitrogens with two attached hydrogens (primary N) is 2. The van der Waals surface area contributed by atoms with Crippen molar-refractivity contribution in [1.82, 2.24) is 43.6 Å². The van der Waals surface area contributed by atoms with Gasteiger partial charge in [-0.05, 0) is 192 Å². The predicted molar refractivity (Wildman–Crippen MR) is 528 cm³/mol. The second kappa shape index (κ2) is 58.4. The number of imidazole rings is 3. The van der Waals surface area contributed by atoms with Crippen LogP contribution in [0, 0.1) is 26.1 Å². The first kappa shape index (κ1) is 115. The maximum Gasteiger partial charge on any atom is 0.295 e. The molecule has 5 aromatic carbocycles. The Labute approximate surface area is 834 Å². The van der Waals surface area contributed by atoms with E-state index in [-0.39, 0.29) is 110 Å². The molecule has 0 radical (unpaired) electrons. The van der Waals surface area contributed by atoms with Crippen molar-refractivity contribution in [2.75, 3.05) is 123 Å². The number of ether oxygens (including phenoxy) is 9. The molecule has 31 nitrogen and oxygen atoms in total. The highest BCUT2D eigenvalue weighted by Gasteiger charge is 2.34. The van der Waals surface area contributed by atoms with Crippen molar-refractivity contribution in [2.45, 2.75) is 166 Å². The van der Waals surface area contributed by atoms with E-state index in [9.17, 15) is 59.8 Å². The number of hydrogen-bond acceptors (Lipinski definition) is 29. The van der Waals surface area contributed by atoms with E-state index >= 15 is 0 Å². The number of nitrogens with zero attached hydrogens (tertiary/aromatic N) is 11. The number of amides is 1. The van der Waals surface area contributed by atoms with Gasteiger partial charge in [-0.25, -0.2) is 64.7 Å². The SMILES string of the molecule is CCOC.COCCl.COCc1ccc(N)c(SC)c1.COCc1ccc(Nc2cc(Cl)nc3c2nc(C(F)F)n3C2CCCCO2)c(S(C)(=O)=O)c1.COCc1ccc(Nc2cc(Cl)nc3c2nc(C(F)F)n3C2CCCCO2)c(SC)c1.COCc1ccc([N+](=O)[O-])c(SC)c1.CSc1cc(Br)ccc1[N+](=O)[O-].FC(F)c1nc2c(Cl)cc(Cl)nc2n1C1CCCCO1.NC(=O)C1CC1. The predicted octanol–water partition coefficient (Wildman–Crippen LogP) is 24.8. The van der Waals surface area contributed by atoms with Gasteiger partial charge in [0, 0.05) is 125 Å². The minimum atomic E-state index is -3.62. The van der Waals surface area contributed by atoms with Crippen LogP contribution in [-0.4, -0.2) is 174 Å². The number of rotatable bonds is 28. The molecule has 4 aliphatic rings. The maximum absolute atomic E-state index is 13.9. The first-order valence-electron chi connectivity index (χ1n) is 41.7. The summed E-state index contributed by atoms with van der Waals surface area (Å²) >= 11 is 38.6. The van der Waals surface area contributed by atoms with Crippen LogP contribution < -0.4 is 22.1 Å². The Morgan fingerprint density at radius 3 is 1.21 bits per heavy atom. The van der Waals surface area contributed by atoms with Gasteiger partial charge < -0.3 is 64.7 Å². The number of primary amides is 1. The van der Waals surface area contributed by atoms with Crippen LogP contribution in [-0.2, 0) is 83.7 Å². The van der Waals surface area contributed by atoms with E-state index in [0.29, 0.717) is 97.2 Å². The Morgan fingerprint density at radius 1 is 0.500 bits per heavy atom. The number of nitro benzene ring substituents is 2. The van der Waals surface area contributed by atoms with E-state index in [1.54, 1.807) is 102 Å². The third kappa shape index (κ3) is 34.2. The molecule has 6 aromatic heterocycles. The lowest BCUT2D eigenvalue weighted by atomic mass is 10.2. The van der Waals surface area contributed by atoms with E-state index in [2.05, 4.69) is 72.0 Å². The molecular weight excluding hydrogens is 2050 g/mol. The van der Waals surface area contributed by atoms with Crippen molar-refractivity contribution < 1.29 is 92.0 Å². The van der Waals surface area contributed by atoms with E-state index in [0.717, 1.165) is 107 Å². The highest BCUT2D eigenvalue weighted by atomic mass is 79.9. The molecule has 1 amide bonds. The molecule has 9 heterocycles. The summed E-state index contributed by atoms with van der Waals surface area (Å²) in [4.78, 5) is 58.7. The Balaban J connectivity index is 0.000000224. The Hall–Kier alpha value is -7.87. The molecule has 4 fully saturated rings. The van der Waals surface area contributed by atoms with E-state index in [4.69, 9.17) is 103 Å². The number of nitrogen functional groups attached to an aromatic ring is 1. The van der Waals surface area contributed by atoms with Gasteiger partial charge in [0.05, 0.1) is 78.7 Å². The largest absolute Gasteiger partial charge is 0.398 e. The number of halogens is 12. The molecule has 1 aliphatic carbocycles. The molecular formula is C88H107BrCl5F6N15O16S5. The van der Waals surface area contributed by atoms with Crippen molar-refractivity contribution >= 4 is 210 Å². The summed E-state index contributed by atoms with van der Waals surface area (Å²) in [5.41, 5.74) is 18.8. The molecule has 48 heteroatoms. The number of thioether (sulfide) groups is 4. The molecule has 744 valence electrons. The number of nitro groups is 2. The minimum Gasteiger partial charge on any atom is -0.398 e. The number of fused-ring (bicyclic) bond motifs is 3. The third-order valence-electron chi connectivity index (χ3n) is 19.8. The topological polar surface area (TPSA) is 389 Å². The Kier molecular flexibility index (Phi) is 49.4. The highest BCUT2D eigenvalue weighted by Crippen LogP contribution is 2.43. The van der Waals surface area contributed by atoms with Crippen LogP contribution in [0.4, 0.5) is 66.2 Å². The van der Waals surface area contributed by atoms with Gasteiger partial charge in [0.25, 0.3) is 30.7 Å². The van der Waals surface area contributed by atoms with Gasteiger partial charge in [0.2, 0.25) is 5.91 Å². The molecule has 3 saturated heterocycles. The summed E-state index contributed by atoms with van der Waals surface area (Å²) in [6, 6.07) is 31.3. The quantitative estimate of drug-likeness (QED) is 0.00673. The smallest absolute Gasteiger partial charge is 0.295 e. The lowest BCUT2D eigenvalue weighted by Gasteiger charge is -2.25. The Morgan fingerprint density at radius 2 is 0.853 bits per heavy atom. The van der Waals surface area contributed by atoms with Gasteiger partial charge in [-0.1, -0.05) is 92.1 Å². The molecule has 3 aliphatic heterocycles.